The number of hydrogen-bond donors (Lipinski definition) is 0. The van der Waals surface area contributed by atoms with Crippen LogP contribution in [0, 0.1) is 11.3 Å². The number of nitrogens with zero attached hydrogens (tertiary/aromatic N) is 2. The molecule has 0 radical (unpaired) electrons. The summed E-state index contributed by atoms with van der Waals surface area (Å²) < 4.78 is 6.91. The van der Waals surface area contributed by atoms with E-state index in [4.69, 9.17) is 21.6 Å². The molecule has 1 aromatic carbocycles. The molecule has 0 saturated heterocycles. The summed E-state index contributed by atoms with van der Waals surface area (Å²) in [6, 6.07) is 7.07. The minimum absolute atomic E-state index is 0.132. The number of nitriles is 1. The standard InChI is InChI=1S/C14H13ClN2O2/c1-19-6-2-5-17-9-10(8-16)14(18)12-7-11(15)3-4-13(12)17/h3-4,7,9H,2,5-6H2,1H3. The number of benzene rings is 1. The first-order chi connectivity index (χ1) is 9.17. The van der Waals surface area contributed by atoms with Crippen molar-refractivity contribution in [3.8, 4) is 6.07 Å². The highest BCUT2D eigenvalue weighted by molar-refractivity contribution is 6.31. The molecule has 0 aliphatic rings. The lowest BCUT2D eigenvalue weighted by Gasteiger charge is -2.11. The Morgan fingerprint density at radius 1 is 1.47 bits per heavy atom. The molecule has 98 valence electrons. The van der Waals surface area contributed by atoms with E-state index in [0.717, 1.165) is 11.9 Å². The van der Waals surface area contributed by atoms with Crippen molar-refractivity contribution in [3.63, 3.8) is 0 Å². The first kappa shape index (κ1) is 13.6. The average molecular weight is 277 g/mol. The van der Waals surface area contributed by atoms with Crippen LogP contribution in [-0.2, 0) is 11.3 Å². The van der Waals surface area contributed by atoms with Gasteiger partial charge in [0.25, 0.3) is 0 Å². The van der Waals surface area contributed by atoms with Crippen molar-refractivity contribution in [3.05, 3.63) is 45.2 Å². The van der Waals surface area contributed by atoms with E-state index in [2.05, 4.69) is 0 Å². The molecule has 1 heterocycles. The van der Waals surface area contributed by atoms with Gasteiger partial charge in [-0.15, -0.1) is 0 Å². The number of rotatable bonds is 4. The molecule has 0 atom stereocenters. The number of halogens is 1. The molecule has 0 amide bonds. The Hall–Kier alpha value is -1.83. The SMILES string of the molecule is COCCCn1cc(C#N)c(=O)c2cc(Cl)ccc21. The molecule has 0 bridgehead atoms. The summed E-state index contributed by atoms with van der Waals surface area (Å²) in [5, 5.41) is 9.99. The predicted molar refractivity (Wildman–Crippen MR) is 74.4 cm³/mol. The van der Waals surface area contributed by atoms with Gasteiger partial charge in [-0.3, -0.25) is 4.79 Å². The molecule has 1 aromatic heterocycles. The second-order valence-corrected chi connectivity index (χ2v) is 4.62. The van der Waals surface area contributed by atoms with Crippen LogP contribution >= 0.6 is 11.6 Å². The highest BCUT2D eigenvalue weighted by Crippen LogP contribution is 2.17. The predicted octanol–water partition coefficient (Wildman–Crippen LogP) is 2.56. The van der Waals surface area contributed by atoms with Crippen LogP contribution < -0.4 is 5.43 Å². The van der Waals surface area contributed by atoms with Crippen LogP contribution in [0.15, 0.2) is 29.2 Å². The van der Waals surface area contributed by atoms with E-state index < -0.39 is 0 Å². The molecule has 4 nitrogen and oxygen atoms in total. The van der Waals surface area contributed by atoms with Gasteiger partial charge in [0.1, 0.15) is 11.6 Å². The molecular formula is C14H13ClN2O2. The van der Waals surface area contributed by atoms with Crippen molar-refractivity contribution in [2.24, 2.45) is 0 Å². The maximum absolute atomic E-state index is 12.1. The zero-order chi connectivity index (χ0) is 13.8. The van der Waals surface area contributed by atoms with E-state index in [-0.39, 0.29) is 11.0 Å². The fraction of sp³-hybridized carbons (Fsp3) is 0.286. The van der Waals surface area contributed by atoms with Gasteiger partial charge in [0, 0.05) is 36.9 Å². The minimum Gasteiger partial charge on any atom is -0.385 e. The summed E-state index contributed by atoms with van der Waals surface area (Å²) in [4.78, 5) is 12.1. The van der Waals surface area contributed by atoms with Crippen molar-refractivity contribution in [1.82, 2.24) is 4.57 Å². The zero-order valence-electron chi connectivity index (χ0n) is 10.5. The van der Waals surface area contributed by atoms with Crippen LogP contribution in [0.3, 0.4) is 0 Å². The van der Waals surface area contributed by atoms with E-state index in [1.54, 1.807) is 31.5 Å². The lowest BCUT2D eigenvalue weighted by molar-refractivity contribution is 0.190. The van der Waals surface area contributed by atoms with Crippen LogP contribution in [-0.4, -0.2) is 18.3 Å². The minimum atomic E-state index is -0.275. The maximum Gasteiger partial charge on any atom is 0.207 e. The molecule has 5 heteroatoms. The molecule has 0 N–H and O–H groups in total. The molecule has 0 unspecified atom stereocenters. The number of aryl methyl sites for hydroxylation is 1. The van der Waals surface area contributed by atoms with Crippen LogP contribution in [0.1, 0.15) is 12.0 Å². The van der Waals surface area contributed by atoms with Gasteiger partial charge in [-0.1, -0.05) is 11.6 Å². The van der Waals surface area contributed by atoms with Gasteiger partial charge in [-0.25, -0.2) is 0 Å². The largest absolute Gasteiger partial charge is 0.385 e. The van der Waals surface area contributed by atoms with E-state index in [9.17, 15) is 4.79 Å². The Kier molecular flexibility index (Phi) is 4.20. The normalized spacial score (nSPS) is 10.6. The summed E-state index contributed by atoms with van der Waals surface area (Å²) in [5.74, 6) is 0. The van der Waals surface area contributed by atoms with Gasteiger partial charge < -0.3 is 9.30 Å². The van der Waals surface area contributed by atoms with E-state index in [1.807, 2.05) is 10.6 Å². The van der Waals surface area contributed by atoms with Crippen molar-refractivity contribution in [2.45, 2.75) is 13.0 Å². The molecule has 19 heavy (non-hydrogen) atoms. The highest BCUT2D eigenvalue weighted by atomic mass is 35.5. The number of pyridine rings is 1. The quantitative estimate of drug-likeness (QED) is 0.807. The van der Waals surface area contributed by atoms with E-state index >= 15 is 0 Å². The van der Waals surface area contributed by atoms with Gasteiger partial charge in [0.05, 0.1) is 5.52 Å². The monoisotopic (exact) mass is 276 g/mol. The number of aromatic nitrogens is 1. The molecule has 0 aliphatic heterocycles. The van der Waals surface area contributed by atoms with E-state index in [0.29, 0.717) is 23.6 Å². The van der Waals surface area contributed by atoms with Crippen LogP contribution in [0.4, 0.5) is 0 Å². The van der Waals surface area contributed by atoms with Crippen molar-refractivity contribution >= 4 is 22.5 Å². The summed E-state index contributed by atoms with van der Waals surface area (Å²) in [7, 11) is 1.64. The first-order valence-corrected chi connectivity index (χ1v) is 6.27. The lowest BCUT2D eigenvalue weighted by atomic mass is 10.1. The Labute approximate surface area is 115 Å². The Balaban J connectivity index is 2.60. The third kappa shape index (κ3) is 2.78. The smallest absolute Gasteiger partial charge is 0.207 e. The number of methoxy groups -OCH3 is 1. The van der Waals surface area contributed by atoms with Gasteiger partial charge in [0.15, 0.2) is 0 Å². The van der Waals surface area contributed by atoms with Gasteiger partial charge in [-0.2, -0.15) is 5.26 Å². The van der Waals surface area contributed by atoms with E-state index in [1.165, 1.54) is 0 Å². The fourth-order valence-electron chi connectivity index (χ4n) is 2.01. The summed E-state index contributed by atoms with van der Waals surface area (Å²) >= 11 is 5.91. The molecule has 2 rings (SSSR count). The second-order valence-electron chi connectivity index (χ2n) is 4.18. The highest BCUT2D eigenvalue weighted by Gasteiger charge is 2.09. The fourth-order valence-corrected chi connectivity index (χ4v) is 2.19. The van der Waals surface area contributed by atoms with Gasteiger partial charge in [0.2, 0.25) is 5.43 Å². The molecule has 2 aromatic rings. The Morgan fingerprint density at radius 3 is 2.95 bits per heavy atom. The third-order valence-electron chi connectivity index (χ3n) is 2.91. The Bertz CT molecular complexity index is 701. The topological polar surface area (TPSA) is 55.0 Å². The third-order valence-corrected chi connectivity index (χ3v) is 3.15. The van der Waals surface area contributed by atoms with Crippen LogP contribution in [0.25, 0.3) is 10.9 Å². The number of fused-ring (bicyclic) bond motifs is 1. The molecule has 0 spiro atoms. The zero-order valence-corrected chi connectivity index (χ0v) is 11.3. The van der Waals surface area contributed by atoms with Crippen LogP contribution in [0.5, 0.6) is 0 Å². The number of ether oxygens (including phenoxy) is 1. The Morgan fingerprint density at radius 2 is 2.26 bits per heavy atom. The molecular weight excluding hydrogens is 264 g/mol. The van der Waals surface area contributed by atoms with Gasteiger partial charge >= 0.3 is 0 Å². The molecule has 0 fully saturated rings. The lowest BCUT2D eigenvalue weighted by Crippen LogP contribution is -2.13. The molecule has 0 saturated carbocycles. The first-order valence-electron chi connectivity index (χ1n) is 5.89. The number of hydrogen-bond acceptors (Lipinski definition) is 3. The summed E-state index contributed by atoms with van der Waals surface area (Å²) in [6.45, 7) is 1.31. The second kappa shape index (κ2) is 5.87. The average Bonchev–Trinajstić information content (AvgIpc) is 2.41. The van der Waals surface area contributed by atoms with Crippen molar-refractivity contribution < 1.29 is 4.74 Å². The summed E-state index contributed by atoms with van der Waals surface area (Å²) in [6.07, 6.45) is 2.40. The molecule has 0 aliphatic carbocycles. The summed E-state index contributed by atoms with van der Waals surface area (Å²) in [5.41, 5.74) is 0.639. The maximum atomic E-state index is 12.1. The van der Waals surface area contributed by atoms with Gasteiger partial charge in [-0.05, 0) is 24.6 Å². The van der Waals surface area contributed by atoms with Crippen molar-refractivity contribution in [1.29, 1.82) is 5.26 Å². The van der Waals surface area contributed by atoms with Crippen LogP contribution in [0.2, 0.25) is 5.02 Å². The van der Waals surface area contributed by atoms with Crippen molar-refractivity contribution in [2.75, 3.05) is 13.7 Å².